The van der Waals surface area contributed by atoms with Crippen molar-refractivity contribution < 1.29 is 9.47 Å². The van der Waals surface area contributed by atoms with Crippen LogP contribution in [0.2, 0.25) is 0 Å². The standard InChI is InChI=1S/C74H78N2O6/c1-6-11-14-15-16-21-40-75-71(77)64-46-66-67(47-65(64)72(75)78)74(80)76(73(66)79)61-38-32-53(33-39-61)31-37-59-45-68(81-48-50(9-4)22-12-7-2)58(44-69(59)82-49-51(10-5)23-13-8-3)36-30-52-28-34-54(35-29-52)70-62-27-20-19-26-57(62)42-60-41-55-24-17-18-25-56(55)43-63(60)70/h17-20,24-39,41-47,50-51H,6-16,21-23,40,48-49H2,1-5H3/b36-30+,37-31+. The van der Waals surface area contributed by atoms with Crippen LogP contribution < -0.4 is 31.7 Å². The highest BCUT2D eigenvalue weighted by atomic mass is 16.5. The van der Waals surface area contributed by atoms with Gasteiger partial charge in [-0.3, -0.25) is 23.7 Å². The summed E-state index contributed by atoms with van der Waals surface area (Å²) in [6, 6.07) is 47.5. The molecule has 0 aliphatic carbocycles. The van der Waals surface area contributed by atoms with Gasteiger partial charge in [-0.25, -0.2) is 4.57 Å². The number of hydrogen-bond donors (Lipinski definition) is 0. The maximum atomic E-state index is 14.0. The summed E-state index contributed by atoms with van der Waals surface area (Å²) in [6.45, 7) is 12.6. The van der Waals surface area contributed by atoms with E-state index in [1.807, 2.05) is 18.2 Å². The molecule has 0 spiro atoms. The monoisotopic (exact) mass is 1090 g/mol. The van der Waals surface area contributed by atoms with E-state index in [1.54, 1.807) is 12.1 Å². The number of rotatable bonds is 27. The summed E-state index contributed by atoms with van der Waals surface area (Å²) in [4.78, 5) is 54.9. The first kappa shape index (κ1) is 57.1. The number of fused-ring (bicyclic) bond motifs is 5. The Hall–Kier alpha value is -8.10. The van der Waals surface area contributed by atoms with Crippen molar-refractivity contribution in [1.29, 1.82) is 0 Å². The molecule has 0 saturated carbocycles. The summed E-state index contributed by atoms with van der Waals surface area (Å²) >= 11 is 0. The molecule has 0 N–H and O–H groups in total. The fourth-order valence-corrected chi connectivity index (χ4v) is 11.8. The predicted octanol–water partition coefficient (Wildman–Crippen LogP) is 17.9. The molecule has 10 aromatic rings. The zero-order valence-electron chi connectivity index (χ0n) is 48.6. The first-order valence-electron chi connectivity index (χ1n) is 30.4. The lowest BCUT2D eigenvalue weighted by Crippen LogP contribution is -2.25. The zero-order valence-corrected chi connectivity index (χ0v) is 48.6. The van der Waals surface area contributed by atoms with Gasteiger partial charge in [-0.05, 0) is 140 Å². The minimum absolute atomic E-state index is 0.132. The van der Waals surface area contributed by atoms with Crippen molar-refractivity contribution in [3.8, 4) is 28.3 Å². The molecule has 0 bridgehead atoms. The molecule has 2 heterocycles. The summed E-state index contributed by atoms with van der Waals surface area (Å²) in [7, 11) is 0. The van der Waals surface area contributed by atoms with E-state index in [4.69, 9.17) is 9.47 Å². The van der Waals surface area contributed by atoms with Crippen molar-refractivity contribution >= 4 is 78.2 Å². The molecule has 8 aromatic carbocycles. The number of ether oxygens (including phenoxy) is 2. The van der Waals surface area contributed by atoms with E-state index in [0.717, 1.165) is 122 Å². The van der Waals surface area contributed by atoms with Crippen molar-refractivity contribution in [2.24, 2.45) is 11.8 Å². The molecular weight excluding hydrogens is 1010 g/mol. The molecule has 2 aromatic heterocycles. The van der Waals surface area contributed by atoms with Crippen LogP contribution in [0.15, 0.2) is 159 Å². The molecule has 0 aliphatic heterocycles. The van der Waals surface area contributed by atoms with Crippen molar-refractivity contribution in [3.05, 3.63) is 203 Å². The molecular formula is C74H78N2O6. The van der Waals surface area contributed by atoms with Crippen LogP contribution in [-0.4, -0.2) is 22.3 Å². The molecule has 0 saturated heterocycles. The van der Waals surface area contributed by atoms with Crippen LogP contribution in [0.4, 0.5) is 0 Å². The smallest absolute Gasteiger partial charge is 0.266 e. The average Bonchev–Trinajstić information content (AvgIpc) is 3.35. The molecule has 8 heteroatoms. The normalized spacial score (nSPS) is 12.8. The highest BCUT2D eigenvalue weighted by Crippen LogP contribution is 2.39. The van der Waals surface area contributed by atoms with Gasteiger partial charge in [0.05, 0.1) is 40.4 Å². The van der Waals surface area contributed by atoms with Crippen LogP contribution >= 0.6 is 0 Å². The molecule has 0 radical (unpaired) electrons. The molecule has 0 amide bonds. The van der Waals surface area contributed by atoms with Crippen LogP contribution in [0, 0.1) is 11.8 Å². The Labute approximate surface area is 482 Å². The van der Waals surface area contributed by atoms with Crippen LogP contribution in [0.25, 0.3) is 95.0 Å². The van der Waals surface area contributed by atoms with Gasteiger partial charge in [-0.1, -0.05) is 214 Å². The molecule has 8 nitrogen and oxygen atoms in total. The van der Waals surface area contributed by atoms with Gasteiger partial charge in [0, 0.05) is 17.7 Å². The molecule has 0 aliphatic rings. The Balaban J connectivity index is 0.962. The predicted molar refractivity (Wildman–Crippen MR) is 346 cm³/mol. The van der Waals surface area contributed by atoms with Gasteiger partial charge in [0.15, 0.2) is 0 Å². The van der Waals surface area contributed by atoms with E-state index in [2.05, 4.69) is 156 Å². The quantitative estimate of drug-likeness (QED) is 0.0289. The topological polar surface area (TPSA) is 96.6 Å². The molecule has 2 atom stereocenters. The number of aromatic nitrogens is 2. The van der Waals surface area contributed by atoms with Gasteiger partial charge < -0.3 is 9.47 Å². The Morgan fingerprint density at radius 3 is 1.44 bits per heavy atom. The SMILES string of the molecule is CCCCCCCCn1c(=O)c2cc3c(=O)n(-c4ccc(/C=C/c5cc(OCC(CC)CCCC)c(/C=C/c6ccc(-c7c8ccccc8cc8cc9ccccc9cc78)cc6)cc5OCC(CC)CCCC)cc4)c(=O)c3cc2c1=O. The first-order chi connectivity index (χ1) is 40.1. The summed E-state index contributed by atoms with van der Waals surface area (Å²) in [5, 5.41) is 7.99. The maximum Gasteiger partial charge on any atom is 0.266 e. The second kappa shape index (κ2) is 26.7. The number of nitrogens with zero attached hydrogens (tertiary/aromatic N) is 2. The van der Waals surface area contributed by atoms with Crippen molar-refractivity contribution in [1.82, 2.24) is 9.13 Å². The third-order valence-corrected chi connectivity index (χ3v) is 16.9. The van der Waals surface area contributed by atoms with E-state index >= 15 is 0 Å². The van der Waals surface area contributed by atoms with Crippen molar-refractivity contribution in [2.45, 2.75) is 131 Å². The van der Waals surface area contributed by atoms with Gasteiger partial charge in [-0.15, -0.1) is 0 Å². The number of benzene rings is 8. The zero-order chi connectivity index (χ0) is 57.1. The Morgan fingerprint density at radius 1 is 0.415 bits per heavy atom. The third-order valence-electron chi connectivity index (χ3n) is 16.9. The molecule has 0 fully saturated rings. The molecule has 82 heavy (non-hydrogen) atoms. The molecule has 420 valence electrons. The highest BCUT2D eigenvalue weighted by Gasteiger charge is 2.21. The second-order valence-electron chi connectivity index (χ2n) is 22.6. The van der Waals surface area contributed by atoms with Crippen LogP contribution in [0.1, 0.15) is 147 Å². The van der Waals surface area contributed by atoms with E-state index in [1.165, 1.54) is 66.6 Å². The minimum atomic E-state index is -0.519. The Morgan fingerprint density at radius 2 is 0.890 bits per heavy atom. The minimum Gasteiger partial charge on any atom is -0.493 e. The van der Waals surface area contributed by atoms with Gasteiger partial charge in [0.1, 0.15) is 11.5 Å². The highest BCUT2D eigenvalue weighted by molar-refractivity contribution is 6.15. The van der Waals surface area contributed by atoms with Gasteiger partial charge in [0.2, 0.25) is 0 Å². The molecule has 2 unspecified atom stereocenters. The Bertz CT molecular complexity index is 4050. The van der Waals surface area contributed by atoms with E-state index < -0.39 is 22.2 Å². The summed E-state index contributed by atoms with van der Waals surface area (Å²) in [6.07, 6.45) is 23.4. The van der Waals surface area contributed by atoms with E-state index in [0.29, 0.717) is 37.3 Å². The summed E-state index contributed by atoms with van der Waals surface area (Å²) < 4.78 is 16.1. The summed E-state index contributed by atoms with van der Waals surface area (Å²) in [5.74, 6) is 2.37. The van der Waals surface area contributed by atoms with Crippen LogP contribution in [0.5, 0.6) is 11.5 Å². The fourth-order valence-electron chi connectivity index (χ4n) is 11.8. The van der Waals surface area contributed by atoms with Crippen LogP contribution in [0.3, 0.4) is 0 Å². The Kier molecular flexibility index (Phi) is 18.6. The maximum absolute atomic E-state index is 14.0. The van der Waals surface area contributed by atoms with Crippen molar-refractivity contribution in [3.63, 3.8) is 0 Å². The van der Waals surface area contributed by atoms with E-state index in [9.17, 15) is 19.2 Å². The summed E-state index contributed by atoms with van der Waals surface area (Å²) in [5.41, 5.74) is 4.68. The largest absolute Gasteiger partial charge is 0.493 e. The average molecular weight is 1090 g/mol. The lowest BCUT2D eigenvalue weighted by molar-refractivity contribution is 0.227. The lowest BCUT2D eigenvalue weighted by atomic mass is 9.90. The van der Waals surface area contributed by atoms with Gasteiger partial charge in [-0.2, -0.15) is 0 Å². The molecule has 10 rings (SSSR count). The third kappa shape index (κ3) is 12.5. The van der Waals surface area contributed by atoms with Gasteiger partial charge in [0.25, 0.3) is 22.2 Å². The number of hydrogen-bond acceptors (Lipinski definition) is 6. The van der Waals surface area contributed by atoms with Gasteiger partial charge >= 0.3 is 0 Å². The fraction of sp³-hybridized carbons (Fsp3) is 0.324. The van der Waals surface area contributed by atoms with Crippen molar-refractivity contribution in [2.75, 3.05) is 13.2 Å². The number of unbranched alkanes of at least 4 members (excludes halogenated alkanes) is 7. The first-order valence-corrected chi connectivity index (χ1v) is 30.4. The van der Waals surface area contributed by atoms with E-state index in [-0.39, 0.29) is 21.5 Å². The second-order valence-corrected chi connectivity index (χ2v) is 22.6. The van der Waals surface area contributed by atoms with Crippen LogP contribution in [-0.2, 0) is 6.54 Å². The lowest BCUT2D eigenvalue weighted by Gasteiger charge is -2.20.